The van der Waals surface area contributed by atoms with E-state index in [9.17, 15) is 0 Å². The van der Waals surface area contributed by atoms with Gasteiger partial charge in [-0.05, 0) is 32.7 Å². The Balaban J connectivity index is 2.06. The van der Waals surface area contributed by atoms with Crippen LogP contribution in [0, 0.1) is 5.92 Å². The van der Waals surface area contributed by atoms with Crippen LogP contribution in [0.5, 0.6) is 0 Å². The molecule has 1 saturated heterocycles. The first-order valence-corrected chi connectivity index (χ1v) is 8.15. The van der Waals surface area contributed by atoms with Crippen LogP contribution in [0.25, 0.3) is 0 Å². The monoisotopic (exact) mass is 279 g/mol. The van der Waals surface area contributed by atoms with Crippen LogP contribution in [0.3, 0.4) is 0 Å². The van der Waals surface area contributed by atoms with E-state index in [2.05, 4.69) is 41.8 Å². The van der Waals surface area contributed by atoms with Crippen molar-refractivity contribution in [2.75, 3.05) is 13.2 Å². The van der Waals surface area contributed by atoms with E-state index < -0.39 is 0 Å². The van der Waals surface area contributed by atoms with E-state index in [1.165, 1.54) is 18.7 Å². The smallest absolute Gasteiger partial charge is 0.110 e. The summed E-state index contributed by atoms with van der Waals surface area (Å²) in [7, 11) is 0. The van der Waals surface area contributed by atoms with Crippen LogP contribution in [-0.2, 0) is 17.7 Å². The van der Waals surface area contributed by atoms with Gasteiger partial charge >= 0.3 is 0 Å². The maximum Gasteiger partial charge on any atom is 0.110 e. The molecule has 1 aromatic rings. The number of ether oxygens (including phenoxy) is 1. The zero-order chi connectivity index (χ0) is 14.4. The maximum absolute atomic E-state index is 5.88. The van der Waals surface area contributed by atoms with Crippen LogP contribution in [0.1, 0.15) is 45.9 Å². The SMILES string of the molecule is CCCNC(Cc1nccn1CC)C1CCOC1CC. The van der Waals surface area contributed by atoms with Gasteiger partial charge in [0.2, 0.25) is 0 Å². The maximum atomic E-state index is 5.88. The summed E-state index contributed by atoms with van der Waals surface area (Å²) in [5, 5.41) is 3.73. The number of aryl methyl sites for hydroxylation is 1. The van der Waals surface area contributed by atoms with Gasteiger partial charge in [0.15, 0.2) is 0 Å². The fraction of sp³-hybridized carbons (Fsp3) is 0.812. The summed E-state index contributed by atoms with van der Waals surface area (Å²) < 4.78 is 8.13. The molecule has 4 heteroatoms. The topological polar surface area (TPSA) is 39.1 Å². The first kappa shape index (κ1) is 15.5. The zero-order valence-corrected chi connectivity index (χ0v) is 13.1. The molecule has 0 aliphatic carbocycles. The number of imidazole rings is 1. The highest BCUT2D eigenvalue weighted by Gasteiger charge is 2.33. The van der Waals surface area contributed by atoms with Crippen molar-refractivity contribution in [3.05, 3.63) is 18.2 Å². The number of hydrogen-bond donors (Lipinski definition) is 1. The molecule has 0 amide bonds. The Labute approximate surface area is 122 Å². The van der Waals surface area contributed by atoms with E-state index in [0.717, 1.165) is 32.5 Å². The molecule has 0 saturated carbocycles. The highest BCUT2D eigenvalue weighted by molar-refractivity contribution is 4.99. The van der Waals surface area contributed by atoms with Crippen LogP contribution in [0.4, 0.5) is 0 Å². The quantitative estimate of drug-likeness (QED) is 0.795. The van der Waals surface area contributed by atoms with Gasteiger partial charge in [0, 0.05) is 43.9 Å². The molecule has 3 unspecified atom stereocenters. The van der Waals surface area contributed by atoms with Gasteiger partial charge in [0.25, 0.3) is 0 Å². The molecule has 2 heterocycles. The lowest BCUT2D eigenvalue weighted by Crippen LogP contribution is -2.42. The summed E-state index contributed by atoms with van der Waals surface area (Å²) in [6.45, 7) is 9.61. The third-order valence-electron chi connectivity index (χ3n) is 4.38. The predicted octanol–water partition coefficient (Wildman–Crippen LogP) is 2.63. The molecule has 1 aliphatic heterocycles. The van der Waals surface area contributed by atoms with Crippen molar-refractivity contribution >= 4 is 0 Å². The summed E-state index contributed by atoms with van der Waals surface area (Å²) in [6.07, 6.45) is 8.86. The van der Waals surface area contributed by atoms with Gasteiger partial charge in [0.05, 0.1) is 6.10 Å². The molecule has 0 radical (unpaired) electrons. The number of hydrogen-bond acceptors (Lipinski definition) is 3. The highest BCUT2D eigenvalue weighted by atomic mass is 16.5. The molecule has 4 nitrogen and oxygen atoms in total. The van der Waals surface area contributed by atoms with Gasteiger partial charge in [-0.1, -0.05) is 13.8 Å². The lowest BCUT2D eigenvalue weighted by Gasteiger charge is -2.28. The van der Waals surface area contributed by atoms with E-state index in [0.29, 0.717) is 18.1 Å². The lowest BCUT2D eigenvalue weighted by molar-refractivity contribution is 0.0771. The Kier molecular flexibility index (Phi) is 6.05. The fourth-order valence-corrected chi connectivity index (χ4v) is 3.27. The minimum absolute atomic E-state index is 0.411. The van der Waals surface area contributed by atoms with E-state index in [-0.39, 0.29) is 0 Å². The van der Waals surface area contributed by atoms with Crippen LogP contribution < -0.4 is 5.32 Å². The zero-order valence-electron chi connectivity index (χ0n) is 13.1. The molecule has 1 fully saturated rings. The van der Waals surface area contributed by atoms with Crippen molar-refractivity contribution < 1.29 is 4.74 Å². The number of aromatic nitrogens is 2. The Morgan fingerprint density at radius 2 is 2.30 bits per heavy atom. The minimum atomic E-state index is 0.411. The van der Waals surface area contributed by atoms with Crippen LogP contribution in [0.2, 0.25) is 0 Å². The van der Waals surface area contributed by atoms with Crippen molar-refractivity contribution in [3.8, 4) is 0 Å². The molecule has 0 aromatic carbocycles. The molecular formula is C16H29N3O. The van der Waals surface area contributed by atoms with Crippen LogP contribution >= 0.6 is 0 Å². The highest BCUT2D eigenvalue weighted by Crippen LogP contribution is 2.28. The van der Waals surface area contributed by atoms with Gasteiger partial charge in [-0.25, -0.2) is 4.98 Å². The standard InChI is InChI=1S/C16H29N3O/c1-4-8-17-14(13-7-11-20-15(13)5-2)12-16-18-9-10-19(16)6-3/h9-10,13-15,17H,4-8,11-12H2,1-3H3. The molecule has 3 atom stereocenters. The van der Waals surface area contributed by atoms with Gasteiger partial charge in [-0.15, -0.1) is 0 Å². The first-order chi connectivity index (χ1) is 9.80. The molecule has 1 N–H and O–H groups in total. The molecule has 2 rings (SSSR count). The second kappa shape index (κ2) is 7.79. The van der Waals surface area contributed by atoms with Gasteiger partial charge in [-0.3, -0.25) is 0 Å². The summed E-state index contributed by atoms with van der Waals surface area (Å²) in [4.78, 5) is 4.54. The van der Waals surface area contributed by atoms with Crippen LogP contribution in [0.15, 0.2) is 12.4 Å². The van der Waals surface area contributed by atoms with Crippen molar-refractivity contribution in [1.29, 1.82) is 0 Å². The average molecular weight is 279 g/mol. The Morgan fingerprint density at radius 3 is 3.00 bits per heavy atom. The number of nitrogens with one attached hydrogen (secondary N) is 1. The average Bonchev–Trinajstić information content (AvgIpc) is 3.11. The number of nitrogens with zero attached hydrogens (tertiary/aromatic N) is 2. The summed E-state index contributed by atoms with van der Waals surface area (Å²) >= 11 is 0. The van der Waals surface area contributed by atoms with E-state index in [1.807, 2.05) is 6.20 Å². The Hall–Kier alpha value is -0.870. The van der Waals surface area contributed by atoms with Crippen molar-refractivity contribution in [1.82, 2.24) is 14.9 Å². The summed E-state index contributed by atoms with van der Waals surface area (Å²) in [5.74, 6) is 1.82. The first-order valence-electron chi connectivity index (χ1n) is 8.15. The van der Waals surface area contributed by atoms with Crippen molar-refractivity contribution in [2.45, 2.75) is 65.1 Å². The molecule has 114 valence electrons. The Morgan fingerprint density at radius 1 is 1.45 bits per heavy atom. The Bertz CT molecular complexity index is 391. The molecule has 1 aliphatic rings. The van der Waals surface area contributed by atoms with Crippen molar-refractivity contribution in [2.24, 2.45) is 5.92 Å². The summed E-state index contributed by atoms with van der Waals surface area (Å²) in [6, 6.07) is 0.482. The normalized spacial score (nSPS) is 24.1. The lowest BCUT2D eigenvalue weighted by atomic mass is 9.89. The molecule has 20 heavy (non-hydrogen) atoms. The number of rotatable bonds is 8. The fourth-order valence-electron chi connectivity index (χ4n) is 3.27. The van der Waals surface area contributed by atoms with Gasteiger partial charge in [-0.2, -0.15) is 0 Å². The van der Waals surface area contributed by atoms with Crippen molar-refractivity contribution in [3.63, 3.8) is 0 Å². The van der Waals surface area contributed by atoms with E-state index in [4.69, 9.17) is 4.74 Å². The predicted molar refractivity (Wildman–Crippen MR) is 81.8 cm³/mol. The van der Waals surface area contributed by atoms with Gasteiger partial charge < -0.3 is 14.6 Å². The third-order valence-corrected chi connectivity index (χ3v) is 4.38. The second-order valence-corrected chi connectivity index (χ2v) is 5.66. The molecule has 1 aromatic heterocycles. The minimum Gasteiger partial charge on any atom is -0.378 e. The summed E-state index contributed by atoms with van der Waals surface area (Å²) in [5.41, 5.74) is 0. The van der Waals surface area contributed by atoms with E-state index >= 15 is 0 Å². The van der Waals surface area contributed by atoms with Gasteiger partial charge in [0.1, 0.15) is 5.82 Å². The largest absolute Gasteiger partial charge is 0.378 e. The molecular weight excluding hydrogens is 250 g/mol. The molecule has 0 spiro atoms. The third kappa shape index (κ3) is 3.61. The molecule has 0 bridgehead atoms. The van der Waals surface area contributed by atoms with Crippen LogP contribution in [-0.4, -0.2) is 34.8 Å². The van der Waals surface area contributed by atoms with E-state index in [1.54, 1.807) is 0 Å². The second-order valence-electron chi connectivity index (χ2n) is 5.66.